The molecular weight excluding hydrogens is 266 g/mol. The lowest BCUT2D eigenvalue weighted by Gasteiger charge is -2.24. The molecular formula is C17H27NO3. The number of ether oxygens (including phenoxy) is 1. The van der Waals surface area contributed by atoms with Crippen LogP contribution in [0.5, 0.6) is 0 Å². The number of hydrogen-bond donors (Lipinski definition) is 1. The number of nitrogens with zero attached hydrogens (tertiary/aromatic N) is 1. The van der Waals surface area contributed by atoms with Crippen LogP contribution >= 0.6 is 0 Å². The van der Waals surface area contributed by atoms with Crippen LogP contribution in [0.4, 0.5) is 5.69 Å². The molecule has 0 fully saturated rings. The van der Waals surface area contributed by atoms with Crippen molar-refractivity contribution in [2.45, 2.75) is 33.1 Å². The van der Waals surface area contributed by atoms with Crippen LogP contribution in [-0.4, -0.2) is 37.4 Å². The van der Waals surface area contributed by atoms with E-state index in [4.69, 9.17) is 9.84 Å². The fourth-order valence-corrected chi connectivity index (χ4v) is 2.03. The molecule has 0 unspecified atom stereocenters. The third-order valence-electron chi connectivity index (χ3n) is 3.29. The number of benzene rings is 1. The minimum atomic E-state index is -0.740. The van der Waals surface area contributed by atoms with E-state index in [1.165, 1.54) is 0 Å². The lowest BCUT2D eigenvalue weighted by Crippen LogP contribution is -2.29. The summed E-state index contributed by atoms with van der Waals surface area (Å²) in [7, 11) is 0. The van der Waals surface area contributed by atoms with Gasteiger partial charge in [-0.05, 0) is 30.9 Å². The molecule has 0 aliphatic carbocycles. The van der Waals surface area contributed by atoms with E-state index in [1.54, 1.807) is 0 Å². The molecule has 0 atom stereocenters. The molecule has 0 amide bonds. The SMILES string of the molecule is CC(C)CCOCCN(CCCC(=O)O)c1ccccc1. The number of carbonyl (C=O) groups is 1. The third kappa shape index (κ3) is 8.35. The van der Waals surface area contributed by atoms with Crippen molar-refractivity contribution in [3.8, 4) is 0 Å². The smallest absolute Gasteiger partial charge is 0.303 e. The molecule has 1 aromatic rings. The number of para-hydroxylation sites is 1. The van der Waals surface area contributed by atoms with Gasteiger partial charge in [0.1, 0.15) is 0 Å². The molecule has 0 aromatic heterocycles. The monoisotopic (exact) mass is 293 g/mol. The van der Waals surface area contributed by atoms with Crippen LogP contribution in [-0.2, 0) is 9.53 Å². The molecule has 4 nitrogen and oxygen atoms in total. The molecule has 0 saturated heterocycles. The van der Waals surface area contributed by atoms with Gasteiger partial charge in [-0.3, -0.25) is 4.79 Å². The van der Waals surface area contributed by atoms with Gasteiger partial charge in [0.05, 0.1) is 6.61 Å². The molecule has 0 aliphatic rings. The predicted octanol–water partition coefficient (Wildman–Crippen LogP) is 3.42. The van der Waals surface area contributed by atoms with Gasteiger partial charge in [0.2, 0.25) is 0 Å². The van der Waals surface area contributed by atoms with Crippen LogP contribution < -0.4 is 4.90 Å². The molecule has 1 N–H and O–H groups in total. The number of hydrogen-bond acceptors (Lipinski definition) is 3. The lowest BCUT2D eigenvalue weighted by atomic mass is 10.1. The van der Waals surface area contributed by atoms with E-state index in [1.807, 2.05) is 18.2 Å². The highest BCUT2D eigenvalue weighted by Crippen LogP contribution is 2.14. The number of carboxylic acid groups (broad SMARTS) is 1. The number of rotatable bonds is 11. The van der Waals surface area contributed by atoms with Crippen LogP contribution in [0.1, 0.15) is 33.1 Å². The average Bonchev–Trinajstić information content (AvgIpc) is 2.45. The Morgan fingerprint density at radius 1 is 1.19 bits per heavy atom. The largest absolute Gasteiger partial charge is 0.481 e. The Hall–Kier alpha value is -1.55. The first kappa shape index (κ1) is 17.5. The van der Waals surface area contributed by atoms with E-state index >= 15 is 0 Å². The van der Waals surface area contributed by atoms with Gasteiger partial charge in [0.15, 0.2) is 0 Å². The standard InChI is InChI=1S/C17H27NO3/c1-15(2)10-13-21-14-12-18(11-6-9-17(19)20)16-7-4-3-5-8-16/h3-5,7-8,15H,6,9-14H2,1-2H3,(H,19,20). The van der Waals surface area contributed by atoms with Gasteiger partial charge in [0, 0.05) is 31.8 Å². The average molecular weight is 293 g/mol. The van der Waals surface area contributed by atoms with Crippen LogP contribution in [0.2, 0.25) is 0 Å². The quantitative estimate of drug-likeness (QED) is 0.635. The Labute approximate surface area is 127 Å². The zero-order valence-electron chi connectivity index (χ0n) is 13.1. The summed E-state index contributed by atoms with van der Waals surface area (Å²) in [4.78, 5) is 12.8. The summed E-state index contributed by atoms with van der Waals surface area (Å²) in [6.45, 7) is 7.37. The topological polar surface area (TPSA) is 49.8 Å². The van der Waals surface area contributed by atoms with Crippen LogP contribution in [0.25, 0.3) is 0 Å². The first-order chi connectivity index (χ1) is 10.1. The van der Waals surface area contributed by atoms with Crippen molar-refractivity contribution in [2.75, 3.05) is 31.2 Å². The highest BCUT2D eigenvalue weighted by Gasteiger charge is 2.07. The summed E-state index contributed by atoms with van der Waals surface area (Å²) in [5.41, 5.74) is 1.12. The van der Waals surface area contributed by atoms with E-state index in [0.29, 0.717) is 18.9 Å². The summed E-state index contributed by atoms with van der Waals surface area (Å²) in [6.07, 6.45) is 1.93. The summed E-state index contributed by atoms with van der Waals surface area (Å²) < 4.78 is 5.67. The Morgan fingerprint density at radius 2 is 1.90 bits per heavy atom. The highest BCUT2D eigenvalue weighted by molar-refractivity contribution is 5.66. The van der Waals surface area contributed by atoms with E-state index < -0.39 is 5.97 Å². The molecule has 0 heterocycles. The first-order valence-electron chi connectivity index (χ1n) is 7.69. The Morgan fingerprint density at radius 3 is 2.52 bits per heavy atom. The van der Waals surface area contributed by atoms with Crippen molar-refractivity contribution in [3.63, 3.8) is 0 Å². The highest BCUT2D eigenvalue weighted by atomic mass is 16.5. The fraction of sp³-hybridized carbons (Fsp3) is 0.588. The zero-order chi connectivity index (χ0) is 15.5. The second kappa shape index (κ2) is 10.2. The van der Waals surface area contributed by atoms with E-state index in [-0.39, 0.29) is 6.42 Å². The predicted molar refractivity (Wildman–Crippen MR) is 85.8 cm³/mol. The molecule has 118 valence electrons. The van der Waals surface area contributed by atoms with Gasteiger partial charge in [-0.25, -0.2) is 0 Å². The second-order valence-corrected chi connectivity index (χ2v) is 5.61. The van der Waals surface area contributed by atoms with Gasteiger partial charge >= 0.3 is 5.97 Å². The maximum Gasteiger partial charge on any atom is 0.303 e. The van der Waals surface area contributed by atoms with Gasteiger partial charge in [0.25, 0.3) is 0 Å². The van der Waals surface area contributed by atoms with Crippen molar-refractivity contribution in [2.24, 2.45) is 5.92 Å². The second-order valence-electron chi connectivity index (χ2n) is 5.61. The maximum absolute atomic E-state index is 10.6. The summed E-state index contributed by atoms with van der Waals surface area (Å²) in [5, 5.41) is 8.75. The zero-order valence-corrected chi connectivity index (χ0v) is 13.1. The van der Waals surface area contributed by atoms with Crippen molar-refractivity contribution in [1.29, 1.82) is 0 Å². The molecule has 1 aromatic carbocycles. The van der Waals surface area contributed by atoms with Gasteiger partial charge < -0.3 is 14.7 Å². The first-order valence-corrected chi connectivity index (χ1v) is 7.69. The molecule has 0 saturated carbocycles. The van der Waals surface area contributed by atoms with E-state index in [9.17, 15) is 4.79 Å². The van der Waals surface area contributed by atoms with Gasteiger partial charge in [-0.15, -0.1) is 0 Å². The maximum atomic E-state index is 10.6. The molecule has 1 rings (SSSR count). The lowest BCUT2D eigenvalue weighted by molar-refractivity contribution is -0.137. The van der Waals surface area contributed by atoms with Gasteiger partial charge in [-0.2, -0.15) is 0 Å². The van der Waals surface area contributed by atoms with Crippen molar-refractivity contribution >= 4 is 11.7 Å². The number of anilines is 1. The number of carboxylic acids is 1. The molecule has 4 heteroatoms. The van der Waals surface area contributed by atoms with Gasteiger partial charge in [-0.1, -0.05) is 32.0 Å². The Balaban J connectivity index is 2.39. The molecule has 0 radical (unpaired) electrons. The fourth-order valence-electron chi connectivity index (χ4n) is 2.03. The third-order valence-corrected chi connectivity index (χ3v) is 3.29. The van der Waals surface area contributed by atoms with Crippen LogP contribution in [0, 0.1) is 5.92 Å². The molecule has 21 heavy (non-hydrogen) atoms. The summed E-state index contributed by atoms with van der Waals surface area (Å²) >= 11 is 0. The molecule has 0 aliphatic heterocycles. The van der Waals surface area contributed by atoms with E-state index in [0.717, 1.165) is 31.8 Å². The minimum Gasteiger partial charge on any atom is -0.481 e. The minimum absolute atomic E-state index is 0.206. The molecule has 0 bridgehead atoms. The summed E-state index contributed by atoms with van der Waals surface area (Å²) in [5.74, 6) is -0.0815. The van der Waals surface area contributed by atoms with E-state index in [2.05, 4.69) is 30.9 Å². The normalized spacial score (nSPS) is 10.8. The van der Waals surface area contributed by atoms with Crippen molar-refractivity contribution in [3.05, 3.63) is 30.3 Å². The van der Waals surface area contributed by atoms with Crippen LogP contribution in [0.3, 0.4) is 0 Å². The van der Waals surface area contributed by atoms with Crippen molar-refractivity contribution in [1.82, 2.24) is 0 Å². The Kier molecular flexibility index (Phi) is 8.51. The summed E-state index contributed by atoms with van der Waals surface area (Å²) in [6, 6.07) is 10.1. The Bertz CT molecular complexity index is 392. The molecule has 0 spiro atoms. The van der Waals surface area contributed by atoms with Crippen LogP contribution in [0.15, 0.2) is 30.3 Å². The number of aliphatic carboxylic acids is 1. The van der Waals surface area contributed by atoms with Crippen molar-refractivity contribution < 1.29 is 14.6 Å².